The van der Waals surface area contributed by atoms with Crippen molar-refractivity contribution in [1.82, 2.24) is 4.90 Å². The van der Waals surface area contributed by atoms with Crippen molar-refractivity contribution in [3.63, 3.8) is 0 Å². The summed E-state index contributed by atoms with van der Waals surface area (Å²) in [5.74, 6) is 0.0757. The van der Waals surface area contributed by atoms with E-state index >= 15 is 0 Å². The molecule has 1 aliphatic rings. The second-order valence-corrected chi connectivity index (χ2v) is 6.94. The molecular weight excluding hydrogens is 368 g/mol. The van der Waals surface area contributed by atoms with Crippen molar-refractivity contribution in [1.29, 1.82) is 0 Å². The lowest BCUT2D eigenvalue weighted by Gasteiger charge is -2.15. The lowest BCUT2D eigenvalue weighted by molar-refractivity contribution is -0.128. The minimum atomic E-state index is -0.135. The molecule has 5 heteroatoms. The van der Waals surface area contributed by atoms with E-state index < -0.39 is 0 Å². The van der Waals surface area contributed by atoms with E-state index in [0.29, 0.717) is 18.5 Å². The topological polar surface area (TPSA) is 49.4 Å². The Balaban J connectivity index is 1.66. The van der Waals surface area contributed by atoms with Crippen LogP contribution in [0.2, 0.25) is 0 Å². The van der Waals surface area contributed by atoms with Crippen LogP contribution in [0.15, 0.2) is 46.9 Å². The Hall–Kier alpha value is -2.14. The Morgan fingerprint density at radius 1 is 1.21 bits per heavy atom. The van der Waals surface area contributed by atoms with E-state index in [4.69, 9.17) is 0 Å². The fourth-order valence-corrected chi connectivity index (χ4v) is 3.29. The first-order valence-corrected chi connectivity index (χ1v) is 8.76. The normalized spacial score (nSPS) is 14.1. The van der Waals surface area contributed by atoms with E-state index in [2.05, 4.69) is 21.2 Å². The highest BCUT2D eigenvalue weighted by atomic mass is 79.9. The van der Waals surface area contributed by atoms with Crippen LogP contribution in [0.1, 0.15) is 34.3 Å². The summed E-state index contributed by atoms with van der Waals surface area (Å²) in [6.45, 7) is 3.40. The quantitative estimate of drug-likeness (QED) is 0.858. The molecule has 1 saturated heterocycles. The van der Waals surface area contributed by atoms with E-state index in [1.54, 1.807) is 12.1 Å². The predicted molar refractivity (Wildman–Crippen MR) is 97.9 cm³/mol. The zero-order chi connectivity index (χ0) is 17.1. The third-order valence-corrected chi connectivity index (χ3v) is 4.69. The summed E-state index contributed by atoms with van der Waals surface area (Å²) in [6.07, 6.45) is 1.58. The molecule has 1 fully saturated rings. The summed E-state index contributed by atoms with van der Waals surface area (Å²) in [4.78, 5) is 25.9. The number of carbonyl (C=O) groups is 2. The van der Waals surface area contributed by atoms with Crippen molar-refractivity contribution >= 4 is 33.4 Å². The Morgan fingerprint density at radius 3 is 2.58 bits per heavy atom. The number of anilines is 1. The third-order valence-electron chi connectivity index (χ3n) is 4.20. The molecule has 0 bridgehead atoms. The van der Waals surface area contributed by atoms with E-state index in [1.165, 1.54) is 0 Å². The number of nitrogens with one attached hydrogen (secondary N) is 1. The molecule has 3 rings (SSSR count). The predicted octanol–water partition coefficient (Wildman–Crippen LogP) is 4.13. The van der Waals surface area contributed by atoms with Gasteiger partial charge in [0.15, 0.2) is 0 Å². The molecule has 0 aromatic heterocycles. The zero-order valence-corrected chi connectivity index (χ0v) is 15.1. The Bertz CT molecular complexity index is 771. The van der Waals surface area contributed by atoms with Gasteiger partial charge >= 0.3 is 0 Å². The molecule has 0 atom stereocenters. The van der Waals surface area contributed by atoms with Crippen LogP contribution in [0, 0.1) is 6.92 Å². The minimum absolute atomic E-state index is 0.135. The molecule has 0 unspecified atom stereocenters. The van der Waals surface area contributed by atoms with Crippen molar-refractivity contribution in [3.05, 3.63) is 63.6 Å². The highest BCUT2D eigenvalue weighted by molar-refractivity contribution is 9.10. The Morgan fingerprint density at radius 2 is 1.96 bits per heavy atom. The number of benzene rings is 2. The zero-order valence-electron chi connectivity index (χ0n) is 13.5. The third kappa shape index (κ3) is 3.85. The fraction of sp³-hybridized carbons (Fsp3) is 0.263. The first kappa shape index (κ1) is 16.7. The minimum Gasteiger partial charge on any atom is -0.338 e. The van der Waals surface area contributed by atoms with E-state index in [0.717, 1.165) is 34.3 Å². The first-order valence-electron chi connectivity index (χ1n) is 7.97. The van der Waals surface area contributed by atoms with Crippen LogP contribution in [0.25, 0.3) is 0 Å². The smallest absolute Gasteiger partial charge is 0.255 e. The molecule has 0 radical (unpaired) electrons. The van der Waals surface area contributed by atoms with E-state index in [-0.39, 0.29) is 11.8 Å². The number of nitrogens with zero attached hydrogens (tertiary/aromatic N) is 1. The van der Waals surface area contributed by atoms with Gasteiger partial charge in [0.25, 0.3) is 5.91 Å². The number of halogens is 1. The molecule has 0 saturated carbocycles. The van der Waals surface area contributed by atoms with Crippen LogP contribution < -0.4 is 5.32 Å². The Labute approximate surface area is 150 Å². The van der Waals surface area contributed by atoms with Crippen LogP contribution >= 0.6 is 15.9 Å². The van der Waals surface area contributed by atoms with Gasteiger partial charge in [0.2, 0.25) is 5.91 Å². The second-order valence-electron chi connectivity index (χ2n) is 6.03. The molecule has 0 spiro atoms. The van der Waals surface area contributed by atoms with Gasteiger partial charge in [0.05, 0.1) is 0 Å². The van der Waals surface area contributed by atoms with Crippen LogP contribution in [0.4, 0.5) is 5.69 Å². The van der Waals surface area contributed by atoms with E-state index in [9.17, 15) is 9.59 Å². The van der Waals surface area contributed by atoms with Crippen LogP contribution in [0.3, 0.4) is 0 Å². The second kappa shape index (κ2) is 7.18. The van der Waals surface area contributed by atoms with Gasteiger partial charge in [-0.1, -0.05) is 28.1 Å². The van der Waals surface area contributed by atoms with E-state index in [1.807, 2.05) is 42.2 Å². The van der Waals surface area contributed by atoms with Gasteiger partial charge in [-0.15, -0.1) is 0 Å². The number of rotatable bonds is 4. The number of amides is 2. The molecule has 0 aliphatic carbocycles. The number of likely N-dealkylation sites (tertiary alicyclic amines) is 1. The van der Waals surface area contributed by atoms with Crippen molar-refractivity contribution in [2.45, 2.75) is 26.3 Å². The standard InChI is InChI=1S/C19H19BrN2O2/c1-13-11-16(20)8-9-17(13)21-19(24)15-6-4-14(5-7-15)12-22-10-2-3-18(22)23/h4-9,11H,2-3,10,12H2,1H3,(H,21,24). The molecule has 1 N–H and O–H groups in total. The summed E-state index contributed by atoms with van der Waals surface area (Å²) < 4.78 is 0.985. The van der Waals surface area contributed by atoms with Gasteiger partial charge in [-0.25, -0.2) is 0 Å². The summed E-state index contributed by atoms with van der Waals surface area (Å²) in [7, 11) is 0. The molecule has 1 heterocycles. The maximum Gasteiger partial charge on any atom is 0.255 e. The van der Waals surface area contributed by atoms with Crippen molar-refractivity contribution < 1.29 is 9.59 Å². The number of hydrogen-bond donors (Lipinski definition) is 1. The maximum atomic E-state index is 12.4. The van der Waals surface area contributed by atoms with Gasteiger partial charge in [0, 0.05) is 35.2 Å². The highest BCUT2D eigenvalue weighted by Crippen LogP contribution is 2.21. The molecule has 1 aliphatic heterocycles. The van der Waals surface area contributed by atoms with Crippen molar-refractivity contribution in [3.8, 4) is 0 Å². The highest BCUT2D eigenvalue weighted by Gasteiger charge is 2.20. The first-order chi connectivity index (χ1) is 11.5. The average molecular weight is 387 g/mol. The van der Waals surface area contributed by atoms with Crippen LogP contribution in [0.5, 0.6) is 0 Å². The van der Waals surface area contributed by atoms with Gasteiger partial charge in [-0.05, 0) is 54.8 Å². The molecule has 2 aromatic carbocycles. The Kier molecular flexibility index (Phi) is 5.00. The number of carbonyl (C=O) groups excluding carboxylic acids is 2. The molecule has 24 heavy (non-hydrogen) atoms. The largest absolute Gasteiger partial charge is 0.338 e. The molecular formula is C19H19BrN2O2. The molecule has 124 valence electrons. The average Bonchev–Trinajstić information content (AvgIpc) is 2.96. The number of hydrogen-bond acceptors (Lipinski definition) is 2. The lowest BCUT2D eigenvalue weighted by atomic mass is 10.1. The maximum absolute atomic E-state index is 12.4. The summed E-state index contributed by atoms with van der Waals surface area (Å²) in [5, 5.41) is 2.93. The SMILES string of the molecule is Cc1cc(Br)ccc1NC(=O)c1ccc(CN2CCCC2=O)cc1. The molecule has 2 amide bonds. The van der Waals surface area contributed by atoms with Gasteiger partial charge in [-0.3, -0.25) is 9.59 Å². The van der Waals surface area contributed by atoms with Crippen LogP contribution in [-0.4, -0.2) is 23.3 Å². The van der Waals surface area contributed by atoms with Crippen molar-refractivity contribution in [2.24, 2.45) is 0 Å². The van der Waals surface area contributed by atoms with Gasteiger partial charge in [-0.2, -0.15) is 0 Å². The fourth-order valence-electron chi connectivity index (χ4n) is 2.81. The van der Waals surface area contributed by atoms with Crippen LogP contribution in [-0.2, 0) is 11.3 Å². The molecule has 4 nitrogen and oxygen atoms in total. The molecule has 2 aromatic rings. The monoisotopic (exact) mass is 386 g/mol. The summed E-state index contributed by atoms with van der Waals surface area (Å²) in [5.41, 5.74) is 3.45. The summed E-state index contributed by atoms with van der Waals surface area (Å²) in [6, 6.07) is 13.2. The van der Waals surface area contributed by atoms with Gasteiger partial charge in [0.1, 0.15) is 0 Å². The summed E-state index contributed by atoms with van der Waals surface area (Å²) >= 11 is 3.41. The number of aryl methyl sites for hydroxylation is 1. The lowest BCUT2D eigenvalue weighted by Crippen LogP contribution is -2.23. The van der Waals surface area contributed by atoms with Gasteiger partial charge < -0.3 is 10.2 Å². The van der Waals surface area contributed by atoms with Crippen molar-refractivity contribution in [2.75, 3.05) is 11.9 Å².